The van der Waals surface area contributed by atoms with Crippen LogP contribution in [0.25, 0.3) is 0 Å². The molecule has 0 saturated heterocycles. The van der Waals surface area contributed by atoms with Gasteiger partial charge < -0.3 is 10.6 Å². The second-order valence-electron chi connectivity index (χ2n) is 6.73. The van der Waals surface area contributed by atoms with Crippen LogP contribution in [-0.4, -0.2) is 17.1 Å². The maximum absolute atomic E-state index is 12.9. The molecule has 0 aliphatic rings. The minimum Gasteiger partial charge on any atom is -0.344 e. The Kier molecular flexibility index (Phi) is 7.09. The third kappa shape index (κ3) is 5.96. The van der Waals surface area contributed by atoms with E-state index in [0.717, 1.165) is 21.7 Å². The van der Waals surface area contributed by atoms with E-state index in [0.29, 0.717) is 0 Å². The molecule has 148 valence electrons. The van der Waals surface area contributed by atoms with Crippen molar-refractivity contribution in [2.45, 2.75) is 30.0 Å². The zero-order chi connectivity index (χ0) is 20.6. The number of anilines is 1. The molecule has 0 unspecified atom stereocenters. The smallest absolute Gasteiger partial charge is 0.233 e. The lowest BCUT2D eigenvalue weighted by molar-refractivity contribution is -0.120. The zero-order valence-corrected chi connectivity index (χ0v) is 17.3. The normalized spacial score (nSPS) is 11.7. The molecule has 3 rings (SSSR count). The van der Waals surface area contributed by atoms with Gasteiger partial charge in [0.1, 0.15) is 0 Å². The number of hydrogen-bond acceptors (Lipinski definition) is 3. The molecule has 0 aliphatic heterocycles. The Morgan fingerprint density at radius 3 is 1.79 bits per heavy atom. The third-order valence-electron chi connectivity index (χ3n) is 4.41. The van der Waals surface area contributed by atoms with E-state index in [1.807, 2.05) is 91.9 Å². The molecular formula is C24H24N2O2S. The number of amides is 2. The summed E-state index contributed by atoms with van der Waals surface area (Å²) in [5.41, 5.74) is 2.83. The van der Waals surface area contributed by atoms with Gasteiger partial charge in [-0.05, 0) is 42.3 Å². The van der Waals surface area contributed by atoms with Crippen molar-refractivity contribution < 1.29 is 9.59 Å². The molecule has 0 aromatic heterocycles. The van der Waals surface area contributed by atoms with E-state index in [9.17, 15) is 9.59 Å². The minimum absolute atomic E-state index is 0.0290. The van der Waals surface area contributed by atoms with Gasteiger partial charge in [-0.3, -0.25) is 9.59 Å². The Labute approximate surface area is 175 Å². The fraction of sp³-hybridized carbons (Fsp3) is 0.167. The predicted octanol–water partition coefficient (Wildman–Crippen LogP) is 5.03. The van der Waals surface area contributed by atoms with Crippen molar-refractivity contribution in [3.63, 3.8) is 0 Å². The van der Waals surface area contributed by atoms with E-state index in [-0.39, 0.29) is 23.1 Å². The number of rotatable bonds is 7. The van der Waals surface area contributed by atoms with E-state index >= 15 is 0 Å². The van der Waals surface area contributed by atoms with Crippen LogP contribution in [0.15, 0.2) is 89.8 Å². The summed E-state index contributed by atoms with van der Waals surface area (Å²) < 4.78 is 0. The van der Waals surface area contributed by atoms with Crippen LogP contribution < -0.4 is 10.6 Å². The van der Waals surface area contributed by atoms with Crippen LogP contribution in [0.5, 0.6) is 0 Å². The lowest BCUT2D eigenvalue weighted by atomic mass is 9.98. The summed E-state index contributed by atoms with van der Waals surface area (Å²) in [7, 11) is 0. The molecule has 29 heavy (non-hydrogen) atoms. The second-order valence-corrected chi connectivity index (χ2v) is 8.14. The molecule has 1 atom stereocenters. The predicted molar refractivity (Wildman–Crippen MR) is 119 cm³/mol. The van der Waals surface area contributed by atoms with E-state index in [1.165, 1.54) is 18.7 Å². The highest BCUT2D eigenvalue weighted by atomic mass is 32.2. The Morgan fingerprint density at radius 1 is 0.793 bits per heavy atom. The van der Waals surface area contributed by atoms with Gasteiger partial charge >= 0.3 is 0 Å². The van der Waals surface area contributed by atoms with E-state index < -0.39 is 0 Å². The molecule has 0 fully saturated rings. The van der Waals surface area contributed by atoms with Gasteiger partial charge in [0.05, 0.1) is 11.3 Å². The highest BCUT2D eigenvalue weighted by Crippen LogP contribution is 2.27. The summed E-state index contributed by atoms with van der Waals surface area (Å²) >= 11 is 1.49. The molecule has 5 heteroatoms. The largest absolute Gasteiger partial charge is 0.344 e. The molecule has 4 nitrogen and oxygen atoms in total. The first-order valence-electron chi connectivity index (χ1n) is 9.47. The van der Waals surface area contributed by atoms with Crippen molar-refractivity contribution in [3.8, 4) is 0 Å². The Bertz CT molecular complexity index is 904. The molecule has 0 aliphatic carbocycles. The summed E-state index contributed by atoms with van der Waals surface area (Å²) in [4.78, 5) is 25.0. The van der Waals surface area contributed by atoms with E-state index in [2.05, 4.69) is 10.6 Å². The van der Waals surface area contributed by atoms with E-state index in [1.54, 1.807) is 0 Å². The maximum Gasteiger partial charge on any atom is 0.233 e. The molecule has 0 heterocycles. The third-order valence-corrected chi connectivity index (χ3v) is 5.52. The molecular weight excluding hydrogens is 380 g/mol. The summed E-state index contributed by atoms with van der Waals surface area (Å²) in [6.07, 6.45) is 0. The lowest BCUT2D eigenvalue weighted by Gasteiger charge is -2.22. The molecule has 2 N–H and O–H groups in total. The van der Waals surface area contributed by atoms with Gasteiger partial charge in [0.2, 0.25) is 11.8 Å². The fourth-order valence-corrected chi connectivity index (χ4v) is 3.86. The van der Waals surface area contributed by atoms with Crippen molar-refractivity contribution in [2.24, 2.45) is 0 Å². The van der Waals surface area contributed by atoms with Gasteiger partial charge in [-0.1, -0.05) is 60.7 Å². The van der Waals surface area contributed by atoms with Crippen molar-refractivity contribution in [1.29, 1.82) is 0 Å². The van der Waals surface area contributed by atoms with Crippen molar-refractivity contribution in [3.05, 3.63) is 96.1 Å². The molecule has 0 bridgehead atoms. The second kappa shape index (κ2) is 9.94. The fourth-order valence-electron chi connectivity index (χ4n) is 2.99. The van der Waals surface area contributed by atoms with Crippen molar-refractivity contribution in [2.75, 3.05) is 5.32 Å². The van der Waals surface area contributed by atoms with Gasteiger partial charge in [-0.15, -0.1) is 11.8 Å². The number of benzene rings is 3. The quantitative estimate of drug-likeness (QED) is 0.543. The number of nitrogens with one attached hydrogen (secondary N) is 2. The summed E-state index contributed by atoms with van der Waals surface area (Å²) in [5, 5.41) is 5.67. The topological polar surface area (TPSA) is 58.2 Å². The Balaban J connectivity index is 1.70. The first kappa shape index (κ1) is 20.7. The minimum atomic E-state index is -0.267. The van der Waals surface area contributed by atoms with Crippen LogP contribution in [-0.2, 0) is 9.59 Å². The summed E-state index contributed by atoms with van der Waals surface area (Å²) in [6, 6.07) is 27.2. The highest BCUT2D eigenvalue weighted by Gasteiger charge is 2.21. The van der Waals surface area contributed by atoms with Gasteiger partial charge in [0, 0.05) is 17.5 Å². The lowest BCUT2D eigenvalue weighted by Crippen LogP contribution is -2.34. The van der Waals surface area contributed by atoms with Crippen LogP contribution in [0, 0.1) is 0 Å². The van der Waals surface area contributed by atoms with Crippen LogP contribution in [0.2, 0.25) is 0 Å². The van der Waals surface area contributed by atoms with E-state index in [4.69, 9.17) is 0 Å². The van der Waals surface area contributed by atoms with Crippen LogP contribution >= 0.6 is 11.8 Å². The first-order chi connectivity index (χ1) is 14.0. The Hall–Kier alpha value is -3.05. The van der Waals surface area contributed by atoms with Crippen molar-refractivity contribution >= 4 is 29.3 Å². The van der Waals surface area contributed by atoms with Crippen LogP contribution in [0.4, 0.5) is 5.69 Å². The molecule has 3 aromatic carbocycles. The first-order valence-corrected chi connectivity index (χ1v) is 10.4. The van der Waals surface area contributed by atoms with Gasteiger partial charge in [-0.2, -0.15) is 0 Å². The zero-order valence-electron chi connectivity index (χ0n) is 16.5. The average molecular weight is 405 g/mol. The number of carbonyl (C=O) groups excluding carboxylic acids is 2. The van der Waals surface area contributed by atoms with Crippen molar-refractivity contribution in [1.82, 2.24) is 5.32 Å². The molecule has 0 saturated carbocycles. The number of hydrogen-bond donors (Lipinski definition) is 2. The van der Waals surface area contributed by atoms with Gasteiger partial charge in [-0.25, -0.2) is 0 Å². The summed E-state index contributed by atoms with van der Waals surface area (Å²) in [5.74, 6) is -0.135. The standard InChI is InChI=1S/C24H24N2O2S/c1-17(29-22-15-13-21(14-16-22)25-18(2)27)24(28)26-23(19-9-5-3-6-10-19)20-11-7-4-8-12-20/h3-17,23H,1-2H3,(H,25,27)(H,26,28)/t17-/m1/s1. The highest BCUT2D eigenvalue weighted by molar-refractivity contribution is 8.00. The molecule has 2 amide bonds. The van der Waals surface area contributed by atoms with Crippen LogP contribution in [0.3, 0.4) is 0 Å². The molecule has 0 radical (unpaired) electrons. The SMILES string of the molecule is CC(=O)Nc1ccc(S[C@H](C)C(=O)NC(c2ccccc2)c2ccccc2)cc1. The van der Waals surface area contributed by atoms with Crippen LogP contribution in [0.1, 0.15) is 31.0 Å². The number of thioether (sulfide) groups is 1. The number of carbonyl (C=O) groups is 2. The maximum atomic E-state index is 12.9. The van der Waals surface area contributed by atoms with Gasteiger partial charge in [0.25, 0.3) is 0 Å². The van der Waals surface area contributed by atoms with Gasteiger partial charge in [0.15, 0.2) is 0 Å². The monoisotopic (exact) mass is 404 g/mol. The summed E-state index contributed by atoms with van der Waals surface area (Å²) in [6.45, 7) is 3.37. The Morgan fingerprint density at radius 2 is 1.31 bits per heavy atom. The molecule has 3 aromatic rings. The average Bonchev–Trinajstić information content (AvgIpc) is 2.74. The molecule has 0 spiro atoms.